The quantitative estimate of drug-likeness (QED) is 0.722. The van der Waals surface area contributed by atoms with E-state index < -0.39 is 0 Å². The van der Waals surface area contributed by atoms with Gasteiger partial charge in [0.2, 0.25) is 5.82 Å². The molecule has 140 valence electrons. The zero-order chi connectivity index (χ0) is 19.6. The fraction of sp³-hybridized carbons (Fsp3) is 0.250. The second kappa shape index (κ2) is 7.80. The Bertz CT molecular complexity index is 1010. The Morgan fingerprint density at radius 3 is 2.59 bits per heavy atom. The maximum atomic E-state index is 12.9. The summed E-state index contributed by atoms with van der Waals surface area (Å²) in [6, 6.07) is 10.6. The lowest BCUT2D eigenvalue weighted by molar-refractivity contribution is 0.0760. The summed E-state index contributed by atoms with van der Waals surface area (Å²) in [5.74, 6) is -0.349. The van der Waals surface area contributed by atoms with Crippen molar-refractivity contribution in [3.05, 3.63) is 64.7 Å². The van der Waals surface area contributed by atoms with E-state index in [0.717, 1.165) is 5.56 Å². The van der Waals surface area contributed by atoms with Gasteiger partial charge in [-0.3, -0.25) is 14.0 Å². The summed E-state index contributed by atoms with van der Waals surface area (Å²) in [6.45, 7) is 6.83. The predicted molar refractivity (Wildman–Crippen MR) is 107 cm³/mol. The minimum Gasteiger partial charge on any atom is -0.337 e. The van der Waals surface area contributed by atoms with Gasteiger partial charge in [-0.2, -0.15) is 0 Å². The Morgan fingerprint density at radius 2 is 1.93 bits per heavy atom. The van der Waals surface area contributed by atoms with Gasteiger partial charge in [0.1, 0.15) is 0 Å². The molecule has 0 spiro atoms. The van der Waals surface area contributed by atoms with Crippen LogP contribution in [0.3, 0.4) is 0 Å². The number of imidazole rings is 1. The van der Waals surface area contributed by atoms with Gasteiger partial charge < -0.3 is 10.2 Å². The number of carbonyl (C=O) groups is 2. The molecule has 0 unspecified atom stereocenters. The first kappa shape index (κ1) is 18.9. The maximum Gasteiger partial charge on any atom is 0.290 e. The van der Waals surface area contributed by atoms with E-state index in [4.69, 9.17) is 11.6 Å². The van der Waals surface area contributed by atoms with Gasteiger partial charge in [0.15, 0.2) is 5.69 Å². The van der Waals surface area contributed by atoms with E-state index in [1.54, 1.807) is 45.8 Å². The van der Waals surface area contributed by atoms with Crippen molar-refractivity contribution in [3.8, 4) is 0 Å². The van der Waals surface area contributed by atoms with Crippen molar-refractivity contribution in [2.75, 3.05) is 18.4 Å². The minimum atomic E-state index is -0.372. The van der Waals surface area contributed by atoms with Crippen molar-refractivity contribution >= 4 is 34.6 Å². The Hall–Kier alpha value is -2.86. The summed E-state index contributed by atoms with van der Waals surface area (Å²) in [4.78, 5) is 31.7. The van der Waals surface area contributed by atoms with E-state index in [1.165, 1.54) is 0 Å². The number of halogens is 1. The highest BCUT2D eigenvalue weighted by atomic mass is 35.5. The molecule has 0 fully saturated rings. The van der Waals surface area contributed by atoms with Crippen LogP contribution >= 0.6 is 11.6 Å². The molecule has 3 rings (SSSR count). The van der Waals surface area contributed by atoms with E-state index in [0.29, 0.717) is 29.3 Å². The standard InChI is InChI=1S/C20H21ClN4O2/c1-4-24(5-2)20(27)18-23-17(16-8-6-7-11-25(16)18)19(26)22-15-10-9-14(21)12-13(15)3/h6-12H,4-5H2,1-3H3,(H,22,26). The van der Waals surface area contributed by atoms with Crippen molar-refractivity contribution in [2.45, 2.75) is 20.8 Å². The van der Waals surface area contributed by atoms with Crippen molar-refractivity contribution in [1.82, 2.24) is 14.3 Å². The van der Waals surface area contributed by atoms with Crippen molar-refractivity contribution in [1.29, 1.82) is 0 Å². The van der Waals surface area contributed by atoms with Gasteiger partial charge in [0, 0.05) is 30.0 Å². The summed E-state index contributed by atoms with van der Waals surface area (Å²) in [6.07, 6.45) is 1.74. The fourth-order valence-electron chi connectivity index (χ4n) is 2.96. The lowest BCUT2D eigenvalue weighted by Gasteiger charge is -2.17. The Morgan fingerprint density at radius 1 is 1.19 bits per heavy atom. The highest BCUT2D eigenvalue weighted by Gasteiger charge is 2.24. The molecule has 0 aliphatic carbocycles. The molecule has 0 bridgehead atoms. The van der Waals surface area contributed by atoms with E-state index in [-0.39, 0.29) is 23.3 Å². The highest BCUT2D eigenvalue weighted by molar-refractivity contribution is 6.30. The molecule has 0 saturated carbocycles. The molecule has 27 heavy (non-hydrogen) atoms. The first-order valence-electron chi connectivity index (χ1n) is 8.80. The third-order valence-corrected chi connectivity index (χ3v) is 4.68. The van der Waals surface area contributed by atoms with Gasteiger partial charge in [0.05, 0.1) is 5.52 Å². The topological polar surface area (TPSA) is 66.7 Å². The van der Waals surface area contributed by atoms with Crippen LogP contribution in [0.15, 0.2) is 42.6 Å². The first-order valence-corrected chi connectivity index (χ1v) is 9.17. The number of hydrogen-bond acceptors (Lipinski definition) is 3. The monoisotopic (exact) mass is 384 g/mol. The number of pyridine rings is 1. The molecule has 0 aliphatic heterocycles. The number of fused-ring (bicyclic) bond motifs is 1. The third kappa shape index (κ3) is 3.66. The molecule has 2 aromatic heterocycles. The van der Waals surface area contributed by atoms with E-state index >= 15 is 0 Å². The fourth-order valence-corrected chi connectivity index (χ4v) is 3.18. The number of hydrogen-bond donors (Lipinski definition) is 1. The Kier molecular flexibility index (Phi) is 5.46. The number of aromatic nitrogens is 2. The van der Waals surface area contributed by atoms with Crippen LogP contribution in [0.25, 0.3) is 5.52 Å². The average molecular weight is 385 g/mol. The number of anilines is 1. The molecule has 0 saturated heterocycles. The van der Waals surface area contributed by atoms with Crippen LogP contribution in [0.1, 0.15) is 40.5 Å². The smallest absolute Gasteiger partial charge is 0.290 e. The van der Waals surface area contributed by atoms with Crippen LogP contribution in [0, 0.1) is 6.92 Å². The van der Waals surface area contributed by atoms with Crippen molar-refractivity contribution in [3.63, 3.8) is 0 Å². The molecule has 2 heterocycles. The molecule has 1 N–H and O–H groups in total. The number of aryl methyl sites for hydroxylation is 1. The highest BCUT2D eigenvalue weighted by Crippen LogP contribution is 2.22. The molecule has 0 aliphatic rings. The summed E-state index contributed by atoms with van der Waals surface area (Å²) in [5.41, 5.74) is 2.29. The van der Waals surface area contributed by atoms with Crippen LogP contribution in [0.4, 0.5) is 5.69 Å². The van der Waals surface area contributed by atoms with E-state index in [2.05, 4.69) is 10.3 Å². The van der Waals surface area contributed by atoms with Crippen molar-refractivity contribution in [2.24, 2.45) is 0 Å². The number of rotatable bonds is 5. The molecule has 7 heteroatoms. The number of nitrogens with zero attached hydrogens (tertiary/aromatic N) is 3. The number of nitrogens with one attached hydrogen (secondary N) is 1. The molecular weight excluding hydrogens is 364 g/mol. The molecular formula is C20H21ClN4O2. The maximum absolute atomic E-state index is 12.9. The van der Waals surface area contributed by atoms with Crippen molar-refractivity contribution < 1.29 is 9.59 Å². The second-order valence-corrected chi connectivity index (χ2v) is 6.57. The molecule has 2 amide bonds. The summed E-state index contributed by atoms with van der Waals surface area (Å²) in [5, 5.41) is 3.46. The van der Waals surface area contributed by atoms with Gasteiger partial charge in [-0.1, -0.05) is 17.7 Å². The van der Waals surface area contributed by atoms with Crippen LogP contribution in [0.5, 0.6) is 0 Å². The predicted octanol–water partition coefficient (Wildman–Crippen LogP) is 4.03. The van der Waals surface area contributed by atoms with Crippen LogP contribution in [-0.2, 0) is 0 Å². The minimum absolute atomic E-state index is 0.206. The van der Waals surface area contributed by atoms with E-state index in [9.17, 15) is 9.59 Å². The number of carbonyl (C=O) groups excluding carboxylic acids is 2. The molecule has 1 aromatic carbocycles. The number of amides is 2. The molecule has 6 nitrogen and oxygen atoms in total. The van der Waals surface area contributed by atoms with Gasteiger partial charge in [0.25, 0.3) is 11.8 Å². The van der Waals surface area contributed by atoms with E-state index in [1.807, 2.05) is 26.8 Å². The SMILES string of the molecule is CCN(CC)C(=O)c1nc(C(=O)Nc2ccc(Cl)cc2C)c2ccccn12. The summed E-state index contributed by atoms with van der Waals surface area (Å²) < 4.78 is 1.66. The van der Waals surface area contributed by atoms with Gasteiger partial charge in [-0.05, 0) is 56.7 Å². The zero-order valence-electron chi connectivity index (χ0n) is 15.5. The summed E-state index contributed by atoms with van der Waals surface area (Å²) in [7, 11) is 0. The van der Waals surface area contributed by atoms with Gasteiger partial charge in [-0.25, -0.2) is 4.98 Å². The van der Waals surface area contributed by atoms with Gasteiger partial charge >= 0.3 is 0 Å². The summed E-state index contributed by atoms with van der Waals surface area (Å²) >= 11 is 5.97. The average Bonchev–Trinajstić information content (AvgIpc) is 3.04. The van der Waals surface area contributed by atoms with Crippen LogP contribution in [0.2, 0.25) is 5.02 Å². The lowest BCUT2D eigenvalue weighted by atomic mass is 10.2. The normalized spacial score (nSPS) is 10.8. The second-order valence-electron chi connectivity index (χ2n) is 6.13. The zero-order valence-corrected chi connectivity index (χ0v) is 16.2. The molecule has 0 atom stereocenters. The number of benzene rings is 1. The first-order chi connectivity index (χ1) is 13.0. The van der Waals surface area contributed by atoms with Gasteiger partial charge in [-0.15, -0.1) is 0 Å². The molecule has 3 aromatic rings. The third-order valence-electron chi connectivity index (χ3n) is 4.44. The lowest BCUT2D eigenvalue weighted by Crippen LogP contribution is -2.32. The van der Waals surface area contributed by atoms with Crippen LogP contribution in [-0.4, -0.2) is 39.2 Å². The Balaban J connectivity index is 2.01. The van der Waals surface area contributed by atoms with Crippen LogP contribution < -0.4 is 5.32 Å². The Labute approximate surface area is 162 Å². The largest absolute Gasteiger partial charge is 0.337 e. The molecule has 0 radical (unpaired) electrons.